The third-order valence-corrected chi connectivity index (χ3v) is 1.87. The number of hydrogen-bond acceptors (Lipinski definition) is 4. The Bertz CT molecular complexity index is 421. The van der Waals surface area contributed by atoms with Crippen molar-refractivity contribution in [2.75, 3.05) is 0 Å². The first-order chi connectivity index (χ1) is 7.79. The molecule has 2 rings (SSSR count). The molecule has 0 aliphatic rings. The molecule has 0 bridgehead atoms. The summed E-state index contributed by atoms with van der Waals surface area (Å²) >= 11 is 0. The first-order valence-electron chi connectivity index (χ1n) is 5.19. The SMILES string of the molecule is CC.Cc1ccc(-c2ccc(ON)cn2)o1. The number of furan rings is 1. The summed E-state index contributed by atoms with van der Waals surface area (Å²) in [4.78, 5) is 8.65. The maximum absolute atomic E-state index is 5.41. The second-order valence-electron chi connectivity index (χ2n) is 2.91. The molecule has 0 unspecified atom stereocenters. The molecule has 2 aromatic heterocycles. The first kappa shape index (κ1) is 12.3. The molecule has 0 aromatic carbocycles. The molecule has 16 heavy (non-hydrogen) atoms. The summed E-state index contributed by atoms with van der Waals surface area (Å²) in [7, 11) is 0. The normalized spacial score (nSPS) is 9.25. The zero-order chi connectivity index (χ0) is 12.0. The third kappa shape index (κ3) is 2.84. The highest BCUT2D eigenvalue weighted by atomic mass is 16.6. The molecule has 0 atom stereocenters. The highest BCUT2D eigenvalue weighted by Gasteiger charge is 2.03. The van der Waals surface area contributed by atoms with Crippen LogP contribution >= 0.6 is 0 Å². The van der Waals surface area contributed by atoms with E-state index in [1.165, 1.54) is 0 Å². The van der Waals surface area contributed by atoms with Crippen LogP contribution in [0.3, 0.4) is 0 Å². The molecule has 0 amide bonds. The zero-order valence-corrected chi connectivity index (χ0v) is 9.73. The van der Waals surface area contributed by atoms with Gasteiger partial charge in [-0.1, -0.05) is 13.8 Å². The molecule has 4 nitrogen and oxygen atoms in total. The fraction of sp³-hybridized carbons (Fsp3) is 0.250. The summed E-state index contributed by atoms with van der Waals surface area (Å²) in [5.41, 5.74) is 0.763. The maximum Gasteiger partial charge on any atom is 0.165 e. The van der Waals surface area contributed by atoms with Gasteiger partial charge < -0.3 is 9.25 Å². The van der Waals surface area contributed by atoms with Crippen molar-refractivity contribution in [2.24, 2.45) is 5.90 Å². The molecule has 86 valence electrons. The molecule has 0 fully saturated rings. The van der Waals surface area contributed by atoms with Gasteiger partial charge in [0.1, 0.15) is 11.5 Å². The lowest BCUT2D eigenvalue weighted by Crippen LogP contribution is -2.01. The molecular weight excluding hydrogens is 204 g/mol. The predicted octanol–water partition coefficient (Wildman–Crippen LogP) is 2.93. The quantitative estimate of drug-likeness (QED) is 0.790. The monoisotopic (exact) mass is 220 g/mol. The van der Waals surface area contributed by atoms with Crippen LogP contribution in [0.1, 0.15) is 19.6 Å². The van der Waals surface area contributed by atoms with Crippen molar-refractivity contribution in [3.8, 4) is 17.2 Å². The van der Waals surface area contributed by atoms with E-state index in [0.29, 0.717) is 5.75 Å². The Labute approximate surface area is 95.0 Å². The van der Waals surface area contributed by atoms with Gasteiger partial charge in [0.15, 0.2) is 11.5 Å². The number of rotatable bonds is 2. The lowest BCUT2D eigenvalue weighted by Gasteiger charge is -1.98. The Morgan fingerprint density at radius 1 is 1.19 bits per heavy atom. The minimum atomic E-state index is 0.525. The van der Waals surface area contributed by atoms with Crippen molar-refractivity contribution in [1.29, 1.82) is 0 Å². The van der Waals surface area contributed by atoms with Crippen LogP contribution in [0.5, 0.6) is 5.75 Å². The largest absolute Gasteiger partial charge is 0.460 e. The van der Waals surface area contributed by atoms with Gasteiger partial charge in [0.05, 0.1) is 6.20 Å². The van der Waals surface area contributed by atoms with E-state index < -0.39 is 0 Å². The van der Waals surface area contributed by atoms with Crippen LogP contribution in [0, 0.1) is 6.92 Å². The summed E-state index contributed by atoms with van der Waals surface area (Å²) in [6, 6.07) is 7.30. The second kappa shape index (κ2) is 5.92. The maximum atomic E-state index is 5.41. The Hall–Kier alpha value is -1.81. The molecule has 0 aliphatic carbocycles. The van der Waals surface area contributed by atoms with E-state index >= 15 is 0 Å². The molecule has 2 heterocycles. The van der Waals surface area contributed by atoms with Crippen molar-refractivity contribution in [3.05, 3.63) is 36.2 Å². The standard InChI is InChI=1S/C10H10N2O2.C2H6/c1-7-2-5-10(13-7)9-4-3-8(14-11)6-12-9;1-2/h2-6H,11H2,1H3;1-2H3. The zero-order valence-electron chi connectivity index (χ0n) is 9.73. The van der Waals surface area contributed by atoms with Crippen LogP contribution in [-0.4, -0.2) is 4.98 Å². The van der Waals surface area contributed by atoms with Gasteiger partial charge >= 0.3 is 0 Å². The lowest BCUT2D eigenvalue weighted by atomic mass is 10.3. The molecular formula is C12H16N2O2. The molecule has 4 heteroatoms. The smallest absolute Gasteiger partial charge is 0.165 e. The van der Waals surface area contributed by atoms with Crippen molar-refractivity contribution in [1.82, 2.24) is 4.98 Å². The highest BCUT2D eigenvalue weighted by molar-refractivity contribution is 5.52. The van der Waals surface area contributed by atoms with Crippen LogP contribution in [0.2, 0.25) is 0 Å². The lowest BCUT2D eigenvalue weighted by molar-refractivity contribution is 0.333. The minimum absolute atomic E-state index is 0.525. The Morgan fingerprint density at radius 2 is 1.94 bits per heavy atom. The summed E-state index contributed by atoms with van der Waals surface area (Å²) in [5, 5.41) is 0. The molecule has 2 N–H and O–H groups in total. The Morgan fingerprint density at radius 3 is 2.38 bits per heavy atom. The van der Waals surface area contributed by atoms with Gasteiger partial charge in [0.2, 0.25) is 0 Å². The third-order valence-electron chi connectivity index (χ3n) is 1.87. The van der Waals surface area contributed by atoms with Crippen LogP contribution in [0.25, 0.3) is 11.5 Å². The highest BCUT2D eigenvalue weighted by Crippen LogP contribution is 2.20. The molecule has 0 saturated carbocycles. The van der Waals surface area contributed by atoms with E-state index in [1.807, 2.05) is 32.9 Å². The average Bonchev–Trinajstić information content (AvgIpc) is 2.79. The van der Waals surface area contributed by atoms with Crippen LogP contribution in [0.4, 0.5) is 0 Å². The van der Waals surface area contributed by atoms with Gasteiger partial charge in [0.25, 0.3) is 0 Å². The van der Waals surface area contributed by atoms with E-state index in [9.17, 15) is 0 Å². The average molecular weight is 220 g/mol. The van der Waals surface area contributed by atoms with E-state index in [1.54, 1.807) is 18.3 Å². The van der Waals surface area contributed by atoms with Gasteiger partial charge in [0, 0.05) is 0 Å². The van der Waals surface area contributed by atoms with Crippen molar-refractivity contribution >= 4 is 0 Å². The van der Waals surface area contributed by atoms with Crippen molar-refractivity contribution < 1.29 is 9.25 Å². The van der Waals surface area contributed by atoms with Gasteiger partial charge in [-0.25, -0.2) is 4.98 Å². The van der Waals surface area contributed by atoms with E-state index in [2.05, 4.69) is 9.82 Å². The second-order valence-corrected chi connectivity index (χ2v) is 2.91. The minimum Gasteiger partial charge on any atom is -0.460 e. The Balaban J connectivity index is 0.000000606. The molecule has 0 spiro atoms. The van der Waals surface area contributed by atoms with Gasteiger partial charge in [-0.05, 0) is 31.2 Å². The van der Waals surface area contributed by atoms with Crippen LogP contribution in [-0.2, 0) is 0 Å². The summed E-state index contributed by atoms with van der Waals surface area (Å²) < 4.78 is 5.41. The number of nitrogens with two attached hydrogens (primary N) is 1. The number of aryl methyl sites for hydroxylation is 1. The topological polar surface area (TPSA) is 61.3 Å². The van der Waals surface area contributed by atoms with Crippen molar-refractivity contribution in [2.45, 2.75) is 20.8 Å². The van der Waals surface area contributed by atoms with E-state index in [0.717, 1.165) is 17.2 Å². The molecule has 0 saturated heterocycles. The summed E-state index contributed by atoms with van der Waals surface area (Å²) in [6.45, 7) is 5.89. The summed E-state index contributed by atoms with van der Waals surface area (Å²) in [5.74, 6) is 7.11. The van der Waals surface area contributed by atoms with Crippen LogP contribution in [0.15, 0.2) is 34.9 Å². The summed E-state index contributed by atoms with van der Waals surface area (Å²) in [6.07, 6.45) is 1.55. The number of hydrogen-bond donors (Lipinski definition) is 1. The molecule has 0 radical (unpaired) electrons. The van der Waals surface area contributed by atoms with E-state index in [-0.39, 0.29) is 0 Å². The predicted molar refractivity (Wildman–Crippen MR) is 62.8 cm³/mol. The Kier molecular flexibility index (Phi) is 4.54. The molecule has 2 aromatic rings. The molecule has 0 aliphatic heterocycles. The fourth-order valence-corrected chi connectivity index (χ4v) is 1.17. The fourth-order valence-electron chi connectivity index (χ4n) is 1.17. The van der Waals surface area contributed by atoms with Crippen molar-refractivity contribution in [3.63, 3.8) is 0 Å². The first-order valence-corrected chi connectivity index (χ1v) is 5.19. The number of nitrogens with zero attached hydrogens (tertiary/aromatic N) is 1. The van der Waals surface area contributed by atoms with Gasteiger partial charge in [-0.3, -0.25) is 0 Å². The number of pyridine rings is 1. The number of aromatic nitrogens is 1. The van der Waals surface area contributed by atoms with Gasteiger partial charge in [-0.15, -0.1) is 0 Å². The van der Waals surface area contributed by atoms with Crippen LogP contribution < -0.4 is 10.7 Å². The van der Waals surface area contributed by atoms with Gasteiger partial charge in [-0.2, -0.15) is 5.90 Å². The van der Waals surface area contributed by atoms with E-state index in [4.69, 9.17) is 10.3 Å².